The zero-order valence-electron chi connectivity index (χ0n) is 14.8. The van der Waals surface area contributed by atoms with Gasteiger partial charge in [0.2, 0.25) is 0 Å². The first-order valence-corrected chi connectivity index (χ1v) is 8.65. The highest BCUT2D eigenvalue weighted by atomic mass is 35.5. The van der Waals surface area contributed by atoms with Crippen molar-refractivity contribution in [3.8, 4) is 5.75 Å². The highest BCUT2D eigenvalue weighted by Crippen LogP contribution is 2.24. The maximum Gasteiger partial charge on any atom is 0.258 e. The fourth-order valence-corrected chi connectivity index (χ4v) is 2.67. The van der Waals surface area contributed by atoms with E-state index in [1.54, 1.807) is 13.2 Å². The van der Waals surface area contributed by atoms with Crippen molar-refractivity contribution in [2.45, 2.75) is 25.9 Å². The molecule has 0 spiro atoms. The van der Waals surface area contributed by atoms with Gasteiger partial charge in [0.05, 0.1) is 0 Å². The normalized spacial score (nSPS) is 12.0. The number of amides is 1. The van der Waals surface area contributed by atoms with Gasteiger partial charge in [-0.3, -0.25) is 4.79 Å². The Morgan fingerprint density at radius 3 is 2.40 bits per heavy atom. The summed E-state index contributed by atoms with van der Waals surface area (Å²) in [7, 11) is 1.59. The lowest BCUT2D eigenvalue weighted by Gasteiger charge is -2.18. The molecule has 2 rings (SSSR count). The minimum atomic E-state index is -0.303. The zero-order valence-corrected chi connectivity index (χ0v) is 15.5. The Hall–Kier alpha value is -2.04. The minimum Gasteiger partial charge on any atom is -0.484 e. The van der Waals surface area contributed by atoms with Crippen LogP contribution in [0.5, 0.6) is 5.75 Å². The van der Waals surface area contributed by atoms with Gasteiger partial charge in [-0.25, -0.2) is 0 Å². The van der Waals surface area contributed by atoms with Crippen LogP contribution in [-0.2, 0) is 9.53 Å². The summed E-state index contributed by atoms with van der Waals surface area (Å²) in [4.78, 5) is 12.0. The van der Waals surface area contributed by atoms with Gasteiger partial charge in [-0.1, -0.05) is 55.8 Å². The van der Waals surface area contributed by atoms with Crippen molar-refractivity contribution in [1.82, 2.24) is 5.32 Å². The summed E-state index contributed by atoms with van der Waals surface area (Å²) in [6.45, 7) is 4.55. The molecule has 1 amide bonds. The molecular weight excluding hydrogens is 338 g/mol. The third-order valence-electron chi connectivity index (χ3n) is 3.94. The van der Waals surface area contributed by atoms with E-state index in [2.05, 4.69) is 19.2 Å². The second-order valence-electron chi connectivity index (χ2n) is 6.06. The number of carbonyl (C=O) groups excluding carboxylic acids is 1. The maximum atomic E-state index is 12.0. The molecule has 0 aliphatic carbocycles. The Labute approximate surface area is 154 Å². The molecule has 0 saturated carbocycles. The molecule has 0 heterocycles. The molecule has 4 nitrogen and oxygen atoms in total. The van der Waals surface area contributed by atoms with E-state index >= 15 is 0 Å². The smallest absolute Gasteiger partial charge is 0.258 e. The topological polar surface area (TPSA) is 47.6 Å². The predicted octanol–water partition coefficient (Wildman–Crippen LogP) is 4.35. The molecule has 1 N–H and O–H groups in total. The molecule has 0 aliphatic rings. The van der Waals surface area contributed by atoms with Crippen LogP contribution in [0, 0.1) is 0 Å². The second kappa shape index (κ2) is 9.44. The van der Waals surface area contributed by atoms with Gasteiger partial charge in [-0.15, -0.1) is 0 Å². The van der Waals surface area contributed by atoms with Gasteiger partial charge in [0, 0.05) is 24.2 Å². The van der Waals surface area contributed by atoms with Crippen LogP contribution in [0.25, 0.3) is 0 Å². The van der Waals surface area contributed by atoms with Crippen molar-refractivity contribution in [2.75, 3.05) is 20.3 Å². The number of methoxy groups -OCH3 is 1. The SMILES string of the molecule is COC(CNC(=O)COc1ccc(C(C)C)cc1)c1ccccc1Cl. The quantitative estimate of drug-likeness (QED) is 0.760. The van der Waals surface area contributed by atoms with Gasteiger partial charge in [-0.05, 0) is 29.7 Å². The fourth-order valence-electron chi connectivity index (χ4n) is 2.41. The van der Waals surface area contributed by atoms with Crippen molar-refractivity contribution in [2.24, 2.45) is 0 Å². The van der Waals surface area contributed by atoms with Gasteiger partial charge in [0.1, 0.15) is 11.9 Å². The third-order valence-corrected chi connectivity index (χ3v) is 4.28. The first-order chi connectivity index (χ1) is 12.0. The average molecular weight is 362 g/mol. The van der Waals surface area contributed by atoms with Crippen LogP contribution in [0.4, 0.5) is 0 Å². The van der Waals surface area contributed by atoms with E-state index in [9.17, 15) is 4.79 Å². The van der Waals surface area contributed by atoms with E-state index < -0.39 is 0 Å². The molecule has 0 saturated heterocycles. The Morgan fingerprint density at radius 1 is 1.12 bits per heavy atom. The van der Waals surface area contributed by atoms with E-state index in [-0.39, 0.29) is 18.6 Å². The lowest BCUT2D eigenvalue weighted by atomic mass is 10.0. The van der Waals surface area contributed by atoms with Crippen molar-refractivity contribution in [3.05, 3.63) is 64.7 Å². The first-order valence-electron chi connectivity index (χ1n) is 8.28. The monoisotopic (exact) mass is 361 g/mol. The van der Waals surface area contributed by atoms with E-state index in [1.165, 1.54) is 5.56 Å². The summed E-state index contributed by atoms with van der Waals surface area (Å²) in [5, 5.41) is 3.43. The van der Waals surface area contributed by atoms with Crippen molar-refractivity contribution in [1.29, 1.82) is 0 Å². The molecule has 2 aromatic carbocycles. The highest BCUT2D eigenvalue weighted by molar-refractivity contribution is 6.31. The Kier molecular flexibility index (Phi) is 7.29. The van der Waals surface area contributed by atoms with Crippen LogP contribution in [0.15, 0.2) is 48.5 Å². The lowest BCUT2D eigenvalue weighted by molar-refractivity contribution is -0.123. The van der Waals surface area contributed by atoms with Gasteiger partial charge < -0.3 is 14.8 Å². The Morgan fingerprint density at radius 2 is 1.80 bits per heavy atom. The summed E-state index contributed by atoms with van der Waals surface area (Å²) >= 11 is 6.17. The Bertz CT molecular complexity index is 686. The van der Waals surface area contributed by atoms with Crippen LogP contribution >= 0.6 is 11.6 Å². The van der Waals surface area contributed by atoms with Crippen molar-refractivity contribution >= 4 is 17.5 Å². The van der Waals surface area contributed by atoms with E-state index in [1.807, 2.05) is 42.5 Å². The summed E-state index contributed by atoms with van der Waals surface area (Å²) in [6, 6.07) is 15.2. The summed E-state index contributed by atoms with van der Waals surface area (Å²) in [5.74, 6) is 0.934. The van der Waals surface area contributed by atoms with Gasteiger partial charge in [0.15, 0.2) is 6.61 Å². The molecule has 0 aromatic heterocycles. The molecule has 1 atom stereocenters. The molecule has 0 fully saturated rings. The number of rotatable bonds is 8. The molecule has 0 aliphatic heterocycles. The average Bonchev–Trinajstić information content (AvgIpc) is 2.62. The number of nitrogens with one attached hydrogen (secondary N) is 1. The number of hydrogen-bond donors (Lipinski definition) is 1. The molecule has 2 aromatic rings. The number of carbonyl (C=O) groups is 1. The zero-order chi connectivity index (χ0) is 18.2. The van der Waals surface area contributed by atoms with E-state index in [0.717, 1.165) is 5.56 Å². The van der Waals surface area contributed by atoms with Crippen LogP contribution in [-0.4, -0.2) is 26.2 Å². The number of benzene rings is 2. The fraction of sp³-hybridized carbons (Fsp3) is 0.350. The lowest BCUT2D eigenvalue weighted by Crippen LogP contribution is -2.33. The van der Waals surface area contributed by atoms with Crippen LogP contribution < -0.4 is 10.1 Å². The van der Waals surface area contributed by atoms with Gasteiger partial charge in [0.25, 0.3) is 5.91 Å². The van der Waals surface area contributed by atoms with Gasteiger partial charge in [-0.2, -0.15) is 0 Å². The number of ether oxygens (including phenoxy) is 2. The summed E-state index contributed by atoms with van der Waals surface area (Å²) < 4.78 is 10.9. The van der Waals surface area contributed by atoms with E-state index in [4.69, 9.17) is 21.1 Å². The maximum absolute atomic E-state index is 12.0. The number of hydrogen-bond acceptors (Lipinski definition) is 3. The number of halogens is 1. The predicted molar refractivity (Wildman–Crippen MR) is 100 cm³/mol. The van der Waals surface area contributed by atoms with Crippen LogP contribution in [0.3, 0.4) is 0 Å². The van der Waals surface area contributed by atoms with Crippen molar-refractivity contribution < 1.29 is 14.3 Å². The van der Waals surface area contributed by atoms with Crippen molar-refractivity contribution in [3.63, 3.8) is 0 Å². The molecule has 0 radical (unpaired) electrons. The molecule has 1 unspecified atom stereocenters. The highest BCUT2D eigenvalue weighted by Gasteiger charge is 2.15. The second-order valence-corrected chi connectivity index (χ2v) is 6.47. The summed E-state index contributed by atoms with van der Waals surface area (Å²) in [6.07, 6.45) is -0.303. The molecule has 5 heteroatoms. The molecular formula is C20H24ClNO3. The standard InChI is InChI=1S/C20H24ClNO3/c1-14(2)15-8-10-16(11-9-15)25-13-20(23)22-12-19(24-3)17-6-4-5-7-18(17)21/h4-11,14,19H,12-13H2,1-3H3,(H,22,23). The molecule has 0 bridgehead atoms. The molecule has 25 heavy (non-hydrogen) atoms. The van der Waals surface area contributed by atoms with Gasteiger partial charge >= 0.3 is 0 Å². The third kappa shape index (κ3) is 5.76. The largest absolute Gasteiger partial charge is 0.484 e. The van der Waals surface area contributed by atoms with Crippen LogP contribution in [0.2, 0.25) is 5.02 Å². The van der Waals surface area contributed by atoms with Crippen LogP contribution in [0.1, 0.15) is 37.0 Å². The Balaban J connectivity index is 1.82. The summed E-state index contributed by atoms with van der Waals surface area (Å²) in [5.41, 5.74) is 2.08. The van der Waals surface area contributed by atoms with E-state index in [0.29, 0.717) is 23.2 Å². The minimum absolute atomic E-state index is 0.0417. The first kappa shape index (κ1) is 19.3. The molecule has 134 valence electrons.